The number of nitrogens with two attached hydrogens (primary N) is 1. The SMILES string of the molecule is CCCCCCCCCCCCCCCCCCCCCCCOCC(COP(=O)(O)OCC(N)C(=O)O)OC(=O)CCCCCCCCCCCCCC. The molecule has 328 valence electrons. The van der Waals surface area contributed by atoms with Gasteiger partial charge in [-0.2, -0.15) is 0 Å². The molecule has 4 N–H and O–H groups in total. The third kappa shape index (κ3) is 40.9. The summed E-state index contributed by atoms with van der Waals surface area (Å²) in [5.41, 5.74) is 5.36. The molecule has 0 aromatic rings. The first-order chi connectivity index (χ1) is 26.7. The molecule has 0 heterocycles. The Balaban J connectivity index is 4.08. The average molecular weight is 806 g/mol. The lowest BCUT2D eigenvalue weighted by molar-refractivity contribution is -0.154. The van der Waals surface area contributed by atoms with Crippen LogP contribution in [-0.4, -0.2) is 60.5 Å². The number of aliphatic carboxylic acids is 1. The van der Waals surface area contributed by atoms with Crippen LogP contribution >= 0.6 is 7.82 Å². The molecule has 0 rings (SSSR count). The highest BCUT2D eigenvalue weighted by molar-refractivity contribution is 7.47. The third-order valence-corrected chi connectivity index (χ3v) is 11.3. The number of hydrogen-bond donors (Lipinski definition) is 3. The monoisotopic (exact) mass is 806 g/mol. The van der Waals surface area contributed by atoms with Crippen LogP contribution in [0.2, 0.25) is 0 Å². The van der Waals surface area contributed by atoms with Crippen LogP contribution in [0.5, 0.6) is 0 Å². The number of carbonyl (C=O) groups is 2. The Hall–Kier alpha value is -1.03. The molecule has 0 radical (unpaired) electrons. The van der Waals surface area contributed by atoms with Crippen molar-refractivity contribution in [3.63, 3.8) is 0 Å². The fraction of sp³-hybridized carbons (Fsp3) is 0.955. The van der Waals surface area contributed by atoms with Gasteiger partial charge in [0, 0.05) is 13.0 Å². The molecule has 3 atom stereocenters. The maximum atomic E-state index is 12.6. The fourth-order valence-corrected chi connectivity index (χ4v) is 7.56. The summed E-state index contributed by atoms with van der Waals surface area (Å²) in [6.07, 6.45) is 41.6. The maximum absolute atomic E-state index is 12.6. The molecule has 0 fully saturated rings. The second-order valence-electron chi connectivity index (χ2n) is 15.9. The van der Waals surface area contributed by atoms with E-state index in [2.05, 4.69) is 13.8 Å². The van der Waals surface area contributed by atoms with Crippen molar-refractivity contribution in [1.29, 1.82) is 0 Å². The summed E-state index contributed by atoms with van der Waals surface area (Å²) in [4.78, 5) is 33.5. The summed E-state index contributed by atoms with van der Waals surface area (Å²) in [5.74, 6) is -1.77. The van der Waals surface area contributed by atoms with Crippen LogP contribution < -0.4 is 5.73 Å². The maximum Gasteiger partial charge on any atom is 0.472 e. The van der Waals surface area contributed by atoms with Crippen molar-refractivity contribution in [2.24, 2.45) is 5.73 Å². The molecule has 11 heteroatoms. The highest BCUT2D eigenvalue weighted by Gasteiger charge is 2.27. The predicted molar refractivity (Wildman–Crippen MR) is 226 cm³/mol. The zero-order valence-electron chi connectivity index (χ0n) is 35.8. The molecule has 0 aliphatic heterocycles. The van der Waals surface area contributed by atoms with Crippen LogP contribution in [0, 0.1) is 0 Å². The summed E-state index contributed by atoms with van der Waals surface area (Å²) in [6.45, 7) is 3.93. The zero-order valence-corrected chi connectivity index (χ0v) is 36.7. The molecule has 0 bridgehead atoms. The van der Waals surface area contributed by atoms with E-state index in [-0.39, 0.29) is 13.0 Å². The Morgan fingerprint density at radius 2 is 0.836 bits per heavy atom. The van der Waals surface area contributed by atoms with E-state index in [1.165, 1.54) is 173 Å². The first kappa shape index (κ1) is 54.0. The van der Waals surface area contributed by atoms with E-state index in [9.17, 15) is 19.0 Å². The number of phosphoric ester groups is 1. The molecule has 0 aromatic carbocycles. The van der Waals surface area contributed by atoms with E-state index in [4.69, 9.17) is 29.4 Å². The lowest BCUT2D eigenvalue weighted by Crippen LogP contribution is -2.34. The second kappa shape index (κ2) is 41.1. The van der Waals surface area contributed by atoms with Crippen molar-refractivity contribution in [2.75, 3.05) is 26.4 Å². The van der Waals surface area contributed by atoms with E-state index >= 15 is 0 Å². The number of rotatable bonds is 45. The molecule has 0 aliphatic carbocycles. The minimum atomic E-state index is -4.61. The summed E-state index contributed by atoms with van der Waals surface area (Å²) in [6, 6.07) is -1.47. The van der Waals surface area contributed by atoms with Gasteiger partial charge in [-0.05, 0) is 12.8 Å². The first-order valence-corrected chi connectivity index (χ1v) is 24.6. The topological polar surface area (TPSA) is 155 Å². The highest BCUT2D eigenvalue weighted by atomic mass is 31.2. The highest BCUT2D eigenvalue weighted by Crippen LogP contribution is 2.43. The Morgan fingerprint density at radius 3 is 1.20 bits per heavy atom. The van der Waals surface area contributed by atoms with E-state index in [1.54, 1.807) is 0 Å². The predicted octanol–water partition coefficient (Wildman–Crippen LogP) is 12.8. The average Bonchev–Trinajstić information content (AvgIpc) is 3.16. The van der Waals surface area contributed by atoms with Gasteiger partial charge in [0.15, 0.2) is 0 Å². The smallest absolute Gasteiger partial charge is 0.472 e. The molecule has 0 amide bonds. The van der Waals surface area contributed by atoms with Crippen molar-refractivity contribution in [3.8, 4) is 0 Å². The van der Waals surface area contributed by atoms with Crippen molar-refractivity contribution in [3.05, 3.63) is 0 Å². The van der Waals surface area contributed by atoms with Crippen molar-refractivity contribution in [2.45, 2.75) is 244 Å². The van der Waals surface area contributed by atoms with Crippen LogP contribution in [0.15, 0.2) is 0 Å². The van der Waals surface area contributed by atoms with Gasteiger partial charge in [-0.1, -0.05) is 213 Å². The van der Waals surface area contributed by atoms with Crippen LogP contribution in [0.1, 0.15) is 232 Å². The minimum Gasteiger partial charge on any atom is -0.480 e. The van der Waals surface area contributed by atoms with E-state index in [0.717, 1.165) is 38.5 Å². The van der Waals surface area contributed by atoms with Gasteiger partial charge < -0.3 is 25.2 Å². The number of carbonyl (C=O) groups excluding carboxylic acids is 1. The van der Waals surface area contributed by atoms with Crippen molar-refractivity contribution >= 4 is 19.8 Å². The van der Waals surface area contributed by atoms with Gasteiger partial charge in [0.25, 0.3) is 0 Å². The molecule has 0 saturated carbocycles. The number of esters is 1. The van der Waals surface area contributed by atoms with Gasteiger partial charge in [0.05, 0.1) is 19.8 Å². The Morgan fingerprint density at radius 1 is 0.509 bits per heavy atom. The lowest BCUT2D eigenvalue weighted by atomic mass is 10.0. The zero-order chi connectivity index (χ0) is 40.5. The summed E-state index contributed by atoms with van der Waals surface area (Å²) < 4.78 is 33.4. The number of carboxylic acid groups (broad SMARTS) is 1. The lowest BCUT2D eigenvalue weighted by Gasteiger charge is -2.20. The fourth-order valence-electron chi connectivity index (χ4n) is 6.78. The summed E-state index contributed by atoms with van der Waals surface area (Å²) in [7, 11) is -4.61. The quantitative estimate of drug-likeness (QED) is 0.0308. The standard InChI is InChI=1S/C44H88NO9P/c1-3-5-7-9-11-13-15-17-18-19-20-21-22-23-24-25-27-29-31-33-35-37-51-38-41(39-52-55(49,50)53-40-42(45)44(47)48)54-43(46)36-34-32-30-28-26-16-14-12-10-8-6-4-2/h41-42H,3-40,45H2,1-2H3,(H,47,48)(H,49,50). The Bertz CT molecular complexity index is 893. The molecule has 10 nitrogen and oxygen atoms in total. The van der Waals surface area contributed by atoms with Crippen LogP contribution in [0.3, 0.4) is 0 Å². The minimum absolute atomic E-state index is 0.0258. The van der Waals surface area contributed by atoms with Crippen LogP contribution in [0.25, 0.3) is 0 Å². The summed E-state index contributed by atoms with van der Waals surface area (Å²) in [5, 5.41) is 8.89. The number of carboxylic acids is 1. The van der Waals surface area contributed by atoms with Gasteiger partial charge in [0.1, 0.15) is 12.1 Å². The normalized spacial score (nSPS) is 13.8. The van der Waals surface area contributed by atoms with Crippen LogP contribution in [0.4, 0.5) is 0 Å². The van der Waals surface area contributed by atoms with Crippen molar-refractivity contribution < 1.29 is 42.7 Å². The summed E-state index contributed by atoms with van der Waals surface area (Å²) >= 11 is 0. The Labute approximate surface area is 338 Å². The molecular weight excluding hydrogens is 717 g/mol. The molecule has 0 aliphatic rings. The number of unbranched alkanes of at least 4 members (excludes halogenated alkanes) is 31. The van der Waals surface area contributed by atoms with E-state index in [1.807, 2.05) is 0 Å². The molecule has 0 spiro atoms. The van der Waals surface area contributed by atoms with E-state index < -0.39 is 45.1 Å². The van der Waals surface area contributed by atoms with Gasteiger partial charge >= 0.3 is 19.8 Å². The first-order valence-electron chi connectivity index (χ1n) is 23.1. The number of ether oxygens (including phenoxy) is 2. The molecular formula is C44H88NO9P. The Kier molecular flexibility index (Phi) is 40.4. The molecule has 55 heavy (non-hydrogen) atoms. The molecule has 0 saturated heterocycles. The molecule has 0 aromatic heterocycles. The van der Waals surface area contributed by atoms with Crippen LogP contribution in [-0.2, 0) is 32.7 Å². The molecule has 3 unspecified atom stereocenters. The van der Waals surface area contributed by atoms with Gasteiger partial charge in [0.2, 0.25) is 0 Å². The van der Waals surface area contributed by atoms with Gasteiger partial charge in [-0.25, -0.2) is 4.57 Å². The third-order valence-electron chi connectivity index (χ3n) is 10.4. The number of hydrogen-bond acceptors (Lipinski definition) is 8. The van der Waals surface area contributed by atoms with Gasteiger partial charge in [-0.15, -0.1) is 0 Å². The van der Waals surface area contributed by atoms with Gasteiger partial charge in [-0.3, -0.25) is 18.6 Å². The largest absolute Gasteiger partial charge is 0.480 e. The number of phosphoric acid groups is 1. The van der Waals surface area contributed by atoms with Crippen molar-refractivity contribution in [1.82, 2.24) is 0 Å². The van der Waals surface area contributed by atoms with E-state index in [0.29, 0.717) is 6.61 Å². The second-order valence-corrected chi connectivity index (χ2v) is 17.4.